The minimum atomic E-state index is -0.516. The molecule has 0 aliphatic heterocycles. The number of thiazole rings is 1. The molecular weight excluding hydrogens is 417 g/mol. The van der Waals surface area contributed by atoms with E-state index in [0.29, 0.717) is 24.0 Å². The Bertz CT molecular complexity index is 1100. The van der Waals surface area contributed by atoms with E-state index in [2.05, 4.69) is 10.3 Å². The van der Waals surface area contributed by atoms with Gasteiger partial charge < -0.3 is 10.1 Å². The lowest BCUT2D eigenvalue weighted by Crippen LogP contribution is -2.26. The number of rotatable bonds is 8. The van der Waals surface area contributed by atoms with Crippen LogP contribution in [0, 0.1) is 12.7 Å². The van der Waals surface area contributed by atoms with Gasteiger partial charge in [0, 0.05) is 18.4 Å². The molecule has 1 heterocycles. The molecule has 0 unspecified atom stereocenters. The minimum Gasteiger partial charge on any atom is -0.491 e. The summed E-state index contributed by atoms with van der Waals surface area (Å²) < 4.78 is 19.8. The average Bonchev–Trinajstić information content (AvgIpc) is 3.20. The summed E-state index contributed by atoms with van der Waals surface area (Å²) in [5, 5.41) is 4.75. The van der Waals surface area contributed by atoms with Gasteiger partial charge in [0.1, 0.15) is 18.2 Å². The number of carbonyl (C=O) groups excluding carboxylic acids is 2. The van der Waals surface area contributed by atoms with Crippen molar-refractivity contribution in [1.29, 1.82) is 0 Å². The third kappa shape index (κ3) is 5.99. The Kier molecular flexibility index (Phi) is 7.50. The van der Waals surface area contributed by atoms with Crippen molar-refractivity contribution in [3.63, 3.8) is 0 Å². The average molecular weight is 440 g/mol. The van der Waals surface area contributed by atoms with Crippen LogP contribution in [0.15, 0.2) is 60.0 Å². The number of aryl methyl sites for hydroxylation is 1. The molecule has 0 fully saturated rings. The molecule has 160 valence electrons. The first kappa shape index (κ1) is 22.2. The Morgan fingerprint density at radius 3 is 2.68 bits per heavy atom. The summed E-state index contributed by atoms with van der Waals surface area (Å²) >= 11 is 1.19. The van der Waals surface area contributed by atoms with Crippen LogP contribution in [0.4, 0.5) is 15.2 Å². The minimum absolute atomic E-state index is 0.131. The van der Waals surface area contributed by atoms with Crippen molar-refractivity contribution >= 4 is 40.0 Å². The molecular formula is C23H22FN3O3S. The maximum absolute atomic E-state index is 14.1. The van der Waals surface area contributed by atoms with Gasteiger partial charge in [0.25, 0.3) is 0 Å². The zero-order chi connectivity index (χ0) is 22.2. The number of nitrogens with one attached hydrogen (secondary N) is 1. The van der Waals surface area contributed by atoms with Crippen molar-refractivity contribution in [1.82, 2.24) is 10.3 Å². The summed E-state index contributed by atoms with van der Waals surface area (Å²) in [5.41, 5.74) is 1.66. The van der Waals surface area contributed by atoms with Crippen LogP contribution < -0.4 is 15.0 Å². The third-order valence-corrected chi connectivity index (χ3v) is 5.11. The van der Waals surface area contributed by atoms with Gasteiger partial charge >= 0.3 is 0 Å². The van der Waals surface area contributed by atoms with Gasteiger partial charge in [-0.1, -0.05) is 30.3 Å². The van der Waals surface area contributed by atoms with Crippen LogP contribution in [-0.2, 0) is 9.59 Å². The van der Waals surface area contributed by atoms with Crippen LogP contribution in [-0.4, -0.2) is 29.9 Å². The topological polar surface area (TPSA) is 71.5 Å². The van der Waals surface area contributed by atoms with Gasteiger partial charge in [-0.15, -0.1) is 11.3 Å². The van der Waals surface area contributed by atoms with Crippen molar-refractivity contribution < 1.29 is 18.7 Å². The van der Waals surface area contributed by atoms with Crippen molar-refractivity contribution in [2.45, 2.75) is 13.8 Å². The number of benzene rings is 2. The zero-order valence-electron chi connectivity index (χ0n) is 17.2. The maximum Gasteiger partial charge on any atom is 0.244 e. The van der Waals surface area contributed by atoms with Gasteiger partial charge in [-0.25, -0.2) is 9.37 Å². The molecule has 2 aromatic carbocycles. The highest BCUT2D eigenvalue weighted by Crippen LogP contribution is 2.30. The van der Waals surface area contributed by atoms with E-state index in [9.17, 15) is 14.0 Å². The first-order chi connectivity index (χ1) is 15.0. The first-order valence-corrected chi connectivity index (χ1v) is 10.5. The lowest BCUT2D eigenvalue weighted by Gasteiger charge is -2.18. The Hall–Kier alpha value is -3.52. The maximum atomic E-state index is 14.1. The van der Waals surface area contributed by atoms with Crippen molar-refractivity contribution in [3.05, 3.63) is 77.1 Å². The number of ether oxygens (including phenoxy) is 1. The number of halogens is 1. The normalized spacial score (nSPS) is 10.8. The van der Waals surface area contributed by atoms with Crippen LogP contribution in [0.3, 0.4) is 0 Å². The second-order valence-electron chi connectivity index (χ2n) is 6.60. The summed E-state index contributed by atoms with van der Waals surface area (Å²) in [6, 6.07) is 13.7. The molecule has 31 heavy (non-hydrogen) atoms. The molecule has 0 aliphatic carbocycles. The Morgan fingerprint density at radius 1 is 1.19 bits per heavy atom. The SMILES string of the molecule is CC(=O)N(c1nc(C=CC(=O)NCCOc2ccccc2C)cs1)c1ccccc1F. The molecule has 6 nitrogen and oxygen atoms in total. The van der Waals surface area contributed by atoms with E-state index >= 15 is 0 Å². The molecule has 3 aromatic rings. The van der Waals surface area contributed by atoms with E-state index in [1.54, 1.807) is 17.5 Å². The third-order valence-electron chi connectivity index (χ3n) is 4.27. The smallest absolute Gasteiger partial charge is 0.244 e. The van der Waals surface area contributed by atoms with Gasteiger partial charge in [0.2, 0.25) is 11.8 Å². The molecule has 0 aliphatic rings. The molecule has 3 rings (SSSR count). The lowest BCUT2D eigenvalue weighted by atomic mass is 10.2. The summed E-state index contributed by atoms with van der Waals surface area (Å²) in [6.45, 7) is 4.00. The highest BCUT2D eigenvalue weighted by atomic mass is 32.1. The monoisotopic (exact) mass is 439 g/mol. The van der Waals surface area contributed by atoms with Crippen LogP contribution in [0.5, 0.6) is 5.75 Å². The van der Waals surface area contributed by atoms with E-state index in [1.807, 2.05) is 31.2 Å². The van der Waals surface area contributed by atoms with Crippen LogP contribution in [0.2, 0.25) is 0 Å². The molecule has 0 atom stereocenters. The van der Waals surface area contributed by atoms with Crippen molar-refractivity contribution in [2.75, 3.05) is 18.1 Å². The zero-order valence-corrected chi connectivity index (χ0v) is 18.0. The number of hydrogen-bond acceptors (Lipinski definition) is 5. The highest BCUT2D eigenvalue weighted by Gasteiger charge is 2.20. The van der Waals surface area contributed by atoms with Gasteiger partial charge in [-0.2, -0.15) is 0 Å². The second-order valence-corrected chi connectivity index (χ2v) is 7.44. The van der Waals surface area contributed by atoms with E-state index in [-0.39, 0.29) is 17.5 Å². The Morgan fingerprint density at radius 2 is 1.94 bits per heavy atom. The van der Waals surface area contributed by atoms with E-state index in [1.165, 1.54) is 47.4 Å². The number of carbonyl (C=O) groups is 2. The molecule has 2 amide bonds. The summed E-state index contributed by atoms with van der Waals surface area (Å²) in [5.74, 6) is -0.383. The molecule has 1 N–H and O–H groups in total. The van der Waals surface area contributed by atoms with E-state index in [4.69, 9.17) is 4.74 Å². The fraction of sp³-hybridized carbons (Fsp3) is 0.174. The number of anilines is 2. The fourth-order valence-electron chi connectivity index (χ4n) is 2.77. The summed E-state index contributed by atoms with van der Waals surface area (Å²) in [7, 11) is 0. The van der Waals surface area contributed by atoms with Crippen molar-refractivity contribution in [3.8, 4) is 5.75 Å². The van der Waals surface area contributed by atoms with Crippen LogP contribution in [0.1, 0.15) is 18.2 Å². The predicted octanol–water partition coefficient (Wildman–Crippen LogP) is 4.48. The number of amides is 2. The highest BCUT2D eigenvalue weighted by molar-refractivity contribution is 7.14. The van der Waals surface area contributed by atoms with Gasteiger partial charge in [-0.3, -0.25) is 14.5 Å². The second kappa shape index (κ2) is 10.5. The molecule has 0 saturated carbocycles. The predicted molar refractivity (Wildman–Crippen MR) is 120 cm³/mol. The Balaban J connectivity index is 1.56. The number of nitrogens with zero attached hydrogens (tertiary/aromatic N) is 2. The standard InChI is InChI=1S/C23H22FN3O3S/c1-16-7-3-6-10-21(16)30-14-13-25-22(29)12-11-18-15-31-23(26-18)27(17(2)28)20-9-5-4-8-19(20)24/h3-12,15H,13-14H2,1-2H3,(H,25,29). The Labute approximate surface area is 184 Å². The first-order valence-electron chi connectivity index (χ1n) is 9.61. The number of para-hydroxylation sites is 2. The number of aromatic nitrogens is 1. The quantitative estimate of drug-likeness (QED) is 0.415. The lowest BCUT2D eigenvalue weighted by molar-refractivity contribution is -0.117. The molecule has 1 aromatic heterocycles. The fourth-order valence-corrected chi connectivity index (χ4v) is 3.62. The molecule has 0 saturated heterocycles. The molecule has 0 spiro atoms. The van der Waals surface area contributed by atoms with Gasteiger partial charge in [0.05, 0.1) is 17.9 Å². The van der Waals surface area contributed by atoms with E-state index < -0.39 is 5.82 Å². The molecule has 0 bridgehead atoms. The van der Waals surface area contributed by atoms with E-state index in [0.717, 1.165) is 11.3 Å². The van der Waals surface area contributed by atoms with Crippen LogP contribution >= 0.6 is 11.3 Å². The molecule has 8 heteroatoms. The summed E-state index contributed by atoms with van der Waals surface area (Å²) in [6.07, 6.45) is 2.89. The van der Waals surface area contributed by atoms with Gasteiger partial charge in [0.15, 0.2) is 5.13 Å². The summed E-state index contributed by atoms with van der Waals surface area (Å²) in [4.78, 5) is 29.6. The van der Waals surface area contributed by atoms with Gasteiger partial charge in [-0.05, 0) is 36.8 Å². The number of hydrogen-bond donors (Lipinski definition) is 1. The molecule has 0 radical (unpaired) electrons. The van der Waals surface area contributed by atoms with Crippen molar-refractivity contribution in [2.24, 2.45) is 0 Å². The van der Waals surface area contributed by atoms with Crippen LogP contribution in [0.25, 0.3) is 6.08 Å². The largest absolute Gasteiger partial charge is 0.491 e.